The van der Waals surface area contributed by atoms with Gasteiger partial charge in [0.2, 0.25) is 5.91 Å². The number of thiophene rings is 1. The van der Waals surface area contributed by atoms with Crippen LogP contribution < -0.4 is 10.6 Å². The molecule has 2 rings (SSSR count). The van der Waals surface area contributed by atoms with Crippen molar-refractivity contribution in [2.45, 2.75) is 31.8 Å². The summed E-state index contributed by atoms with van der Waals surface area (Å²) in [5, 5.41) is 15.8. The van der Waals surface area contributed by atoms with E-state index in [2.05, 4.69) is 10.6 Å². The van der Waals surface area contributed by atoms with Crippen LogP contribution in [0.15, 0.2) is 17.5 Å². The van der Waals surface area contributed by atoms with Crippen LogP contribution in [0.4, 0.5) is 0 Å². The lowest BCUT2D eigenvalue weighted by Gasteiger charge is -2.13. The molecule has 1 aromatic heterocycles. The third kappa shape index (κ3) is 4.42. The number of aliphatic carboxylic acids is 1. The first kappa shape index (κ1) is 15.2. The Morgan fingerprint density at radius 2 is 2.14 bits per heavy atom. The molecule has 1 aromatic rings. The maximum Gasteiger partial charge on any atom is 0.328 e. The van der Waals surface area contributed by atoms with Crippen molar-refractivity contribution in [3.8, 4) is 0 Å². The fraction of sp³-hybridized carbons (Fsp3) is 0.357. The summed E-state index contributed by atoms with van der Waals surface area (Å²) in [4.78, 5) is 34.8. The van der Waals surface area contributed by atoms with Gasteiger partial charge in [-0.2, -0.15) is 0 Å². The Morgan fingerprint density at radius 1 is 1.43 bits per heavy atom. The van der Waals surface area contributed by atoms with E-state index in [-0.39, 0.29) is 17.9 Å². The van der Waals surface area contributed by atoms with Gasteiger partial charge in [-0.25, -0.2) is 4.79 Å². The molecule has 1 unspecified atom stereocenters. The van der Waals surface area contributed by atoms with Gasteiger partial charge < -0.3 is 15.7 Å². The van der Waals surface area contributed by atoms with E-state index in [1.54, 1.807) is 18.4 Å². The first-order valence-corrected chi connectivity index (χ1v) is 7.45. The van der Waals surface area contributed by atoms with Crippen LogP contribution in [0.2, 0.25) is 0 Å². The van der Waals surface area contributed by atoms with Crippen molar-refractivity contribution >= 4 is 35.2 Å². The lowest BCUT2D eigenvalue weighted by Crippen LogP contribution is -2.45. The second kappa shape index (κ2) is 6.53. The molecule has 1 saturated carbocycles. The predicted octanol–water partition coefficient (Wildman–Crippen LogP) is 1.24. The summed E-state index contributed by atoms with van der Waals surface area (Å²) in [6, 6.07) is 1.28. The van der Waals surface area contributed by atoms with Crippen LogP contribution >= 0.6 is 11.3 Å². The van der Waals surface area contributed by atoms with Gasteiger partial charge in [-0.15, -0.1) is 11.3 Å². The van der Waals surface area contributed by atoms with Gasteiger partial charge in [0, 0.05) is 12.1 Å². The zero-order chi connectivity index (χ0) is 15.4. The summed E-state index contributed by atoms with van der Waals surface area (Å²) >= 11 is 1.20. The number of hydrogen-bond donors (Lipinski definition) is 3. The SMILES string of the molecule is CC(NC(=O)c1sccc1/C=C/C(=O)O)C(=O)NC1CC1. The van der Waals surface area contributed by atoms with Crippen LogP contribution in [0, 0.1) is 0 Å². The molecule has 7 heteroatoms. The lowest BCUT2D eigenvalue weighted by atomic mass is 10.2. The van der Waals surface area contributed by atoms with Crippen molar-refractivity contribution in [1.29, 1.82) is 0 Å². The highest BCUT2D eigenvalue weighted by Gasteiger charge is 2.26. The van der Waals surface area contributed by atoms with E-state index in [0.717, 1.165) is 18.9 Å². The van der Waals surface area contributed by atoms with Crippen molar-refractivity contribution in [3.05, 3.63) is 28.0 Å². The van der Waals surface area contributed by atoms with Crippen LogP contribution in [-0.4, -0.2) is 35.0 Å². The van der Waals surface area contributed by atoms with Crippen LogP contribution in [0.5, 0.6) is 0 Å². The molecule has 0 spiro atoms. The molecule has 112 valence electrons. The quantitative estimate of drug-likeness (QED) is 0.689. The van der Waals surface area contributed by atoms with Gasteiger partial charge in [0.05, 0.1) is 4.88 Å². The number of carbonyl (C=O) groups excluding carboxylic acids is 2. The minimum atomic E-state index is -1.08. The molecule has 0 radical (unpaired) electrons. The lowest BCUT2D eigenvalue weighted by molar-refractivity contribution is -0.131. The number of nitrogens with one attached hydrogen (secondary N) is 2. The summed E-state index contributed by atoms with van der Waals surface area (Å²) in [6.45, 7) is 1.62. The van der Waals surface area contributed by atoms with Gasteiger partial charge in [-0.3, -0.25) is 9.59 Å². The fourth-order valence-corrected chi connectivity index (χ4v) is 2.47. The first-order valence-electron chi connectivity index (χ1n) is 6.57. The normalized spacial score (nSPS) is 15.7. The maximum atomic E-state index is 12.1. The predicted molar refractivity (Wildman–Crippen MR) is 79.1 cm³/mol. The first-order chi connectivity index (χ1) is 9.97. The zero-order valence-corrected chi connectivity index (χ0v) is 12.3. The van der Waals surface area contributed by atoms with E-state index in [4.69, 9.17) is 5.11 Å². The minimum Gasteiger partial charge on any atom is -0.478 e. The summed E-state index contributed by atoms with van der Waals surface area (Å²) in [5.41, 5.74) is 0.523. The number of carbonyl (C=O) groups is 3. The Bertz CT molecular complexity index is 590. The molecule has 0 saturated heterocycles. The molecule has 3 N–H and O–H groups in total. The van der Waals surface area contributed by atoms with Gasteiger partial charge in [0.1, 0.15) is 6.04 Å². The second-order valence-corrected chi connectivity index (χ2v) is 5.77. The van der Waals surface area contributed by atoms with Crippen LogP contribution in [-0.2, 0) is 9.59 Å². The number of carboxylic acids is 1. The Hall–Kier alpha value is -2.15. The Labute approximate surface area is 125 Å². The summed E-state index contributed by atoms with van der Waals surface area (Å²) in [7, 11) is 0. The molecule has 2 amide bonds. The third-order valence-electron chi connectivity index (χ3n) is 2.97. The number of rotatable bonds is 6. The van der Waals surface area contributed by atoms with Gasteiger partial charge in [0.15, 0.2) is 0 Å². The highest BCUT2D eigenvalue weighted by atomic mass is 32.1. The third-order valence-corrected chi connectivity index (χ3v) is 3.90. The molecule has 1 atom stereocenters. The highest BCUT2D eigenvalue weighted by molar-refractivity contribution is 7.12. The van der Waals surface area contributed by atoms with E-state index in [0.29, 0.717) is 10.4 Å². The molecule has 1 aliphatic rings. The molecule has 1 heterocycles. The number of hydrogen-bond acceptors (Lipinski definition) is 4. The van der Waals surface area contributed by atoms with Gasteiger partial charge in [-0.05, 0) is 42.9 Å². The molecule has 0 aliphatic heterocycles. The van der Waals surface area contributed by atoms with Gasteiger partial charge in [-0.1, -0.05) is 0 Å². The molecule has 21 heavy (non-hydrogen) atoms. The second-order valence-electron chi connectivity index (χ2n) is 4.85. The molecule has 0 bridgehead atoms. The van der Waals surface area contributed by atoms with Crippen molar-refractivity contribution in [2.24, 2.45) is 0 Å². The Morgan fingerprint density at radius 3 is 2.76 bits per heavy atom. The molecular weight excluding hydrogens is 292 g/mol. The maximum absolute atomic E-state index is 12.1. The van der Waals surface area contributed by atoms with Crippen molar-refractivity contribution in [1.82, 2.24) is 10.6 Å². The highest BCUT2D eigenvalue weighted by Crippen LogP contribution is 2.20. The number of carboxylic acid groups (broad SMARTS) is 1. The van der Waals surface area contributed by atoms with E-state index < -0.39 is 12.0 Å². The molecule has 1 aliphatic carbocycles. The summed E-state index contributed by atoms with van der Waals surface area (Å²) in [5.74, 6) is -1.66. The molecule has 6 nitrogen and oxygen atoms in total. The minimum absolute atomic E-state index is 0.204. The Kier molecular flexibility index (Phi) is 4.74. The smallest absolute Gasteiger partial charge is 0.328 e. The largest absolute Gasteiger partial charge is 0.478 e. The fourth-order valence-electron chi connectivity index (χ4n) is 1.68. The monoisotopic (exact) mass is 308 g/mol. The van der Waals surface area contributed by atoms with Crippen molar-refractivity contribution < 1.29 is 19.5 Å². The van der Waals surface area contributed by atoms with Crippen LogP contribution in [0.3, 0.4) is 0 Å². The Balaban J connectivity index is 1.97. The molecule has 1 fully saturated rings. The average molecular weight is 308 g/mol. The number of amides is 2. The molecular formula is C14H16N2O4S. The van der Waals surface area contributed by atoms with Crippen LogP contribution in [0.25, 0.3) is 6.08 Å². The van der Waals surface area contributed by atoms with Crippen LogP contribution in [0.1, 0.15) is 35.0 Å². The average Bonchev–Trinajstić information content (AvgIpc) is 3.10. The van der Waals surface area contributed by atoms with E-state index in [1.807, 2.05) is 0 Å². The van der Waals surface area contributed by atoms with E-state index >= 15 is 0 Å². The van der Waals surface area contributed by atoms with E-state index in [1.165, 1.54) is 17.4 Å². The van der Waals surface area contributed by atoms with Gasteiger partial charge >= 0.3 is 5.97 Å². The van der Waals surface area contributed by atoms with E-state index in [9.17, 15) is 14.4 Å². The summed E-state index contributed by atoms with van der Waals surface area (Å²) < 4.78 is 0. The topological polar surface area (TPSA) is 95.5 Å². The standard InChI is InChI=1S/C14H16N2O4S/c1-8(13(19)16-10-3-4-10)15-14(20)12-9(6-7-21-12)2-5-11(17)18/h2,5-8,10H,3-4H2,1H3,(H,15,20)(H,16,19)(H,17,18)/b5-2+. The summed E-state index contributed by atoms with van der Waals surface area (Å²) in [6.07, 6.45) is 4.31. The van der Waals surface area contributed by atoms with Crippen molar-refractivity contribution in [2.75, 3.05) is 0 Å². The van der Waals surface area contributed by atoms with Gasteiger partial charge in [0.25, 0.3) is 5.91 Å². The van der Waals surface area contributed by atoms with Crippen molar-refractivity contribution in [3.63, 3.8) is 0 Å². The molecule has 0 aromatic carbocycles. The zero-order valence-electron chi connectivity index (χ0n) is 11.5.